The topological polar surface area (TPSA) is 6.48 Å². The number of benzene rings is 9. The Morgan fingerprint density at radius 3 is 1.79 bits per heavy atom. The van der Waals surface area contributed by atoms with Crippen LogP contribution < -0.4 is 9.80 Å². The van der Waals surface area contributed by atoms with E-state index in [0.717, 1.165) is 29.2 Å². The van der Waals surface area contributed by atoms with Crippen LogP contribution in [0.3, 0.4) is 0 Å². The van der Waals surface area contributed by atoms with Crippen molar-refractivity contribution in [3.63, 3.8) is 0 Å². The van der Waals surface area contributed by atoms with Crippen molar-refractivity contribution in [2.45, 2.75) is 43.9 Å². The van der Waals surface area contributed by atoms with Crippen molar-refractivity contribution in [2.75, 3.05) is 9.80 Å². The molecule has 9 aromatic carbocycles. The molecule has 0 bridgehead atoms. The normalized spacial score (nSPS) is 16.8. The monoisotopic (exact) mass is 860 g/mol. The molecular weight excluding hydrogens is 809 g/mol. The predicted octanol–water partition coefficient (Wildman–Crippen LogP) is 17.5. The minimum absolute atomic E-state index is 0.120. The Bertz CT molecular complexity index is 3330. The molecule has 67 heavy (non-hydrogen) atoms. The van der Waals surface area contributed by atoms with Gasteiger partial charge in [0.15, 0.2) is 0 Å². The lowest BCUT2D eigenvalue weighted by atomic mass is 9.64. The Morgan fingerprint density at radius 1 is 0.463 bits per heavy atom. The molecule has 0 amide bonds. The number of para-hydroxylation sites is 3. The molecule has 2 aliphatic carbocycles. The molecule has 0 N–H and O–H groups in total. The molecule has 0 radical (unpaired) electrons. The third kappa shape index (κ3) is 6.46. The van der Waals surface area contributed by atoms with Gasteiger partial charge in [0, 0.05) is 22.5 Å². The zero-order valence-corrected chi connectivity index (χ0v) is 38.3. The minimum Gasteiger partial charge on any atom is -0.310 e. The van der Waals surface area contributed by atoms with Crippen molar-refractivity contribution >= 4 is 34.1 Å². The number of allylic oxidation sites excluding steroid dienone is 4. The fourth-order valence-corrected chi connectivity index (χ4v) is 11.5. The van der Waals surface area contributed by atoms with Crippen molar-refractivity contribution < 1.29 is 0 Å². The van der Waals surface area contributed by atoms with E-state index < -0.39 is 5.41 Å². The maximum Gasteiger partial charge on any atom is 0.0774 e. The summed E-state index contributed by atoms with van der Waals surface area (Å²) >= 11 is 0. The van der Waals surface area contributed by atoms with Crippen LogP contribution in [0.2, 0.25) is 0 Å². The molecule has 322 valence electrons. The highest BCUT2D eigenvalue weighted by Gasteiger charge is 2.53. The van der Waals surface area contributed by atoms with E-state index in [1.165, 1.54) is 78.1 Å². The van der Waals surface area contributed by atoms with Crippen LogP contribution in [-0.2, 0) is 10.8 Å². The van der Waals surface area contributed by atoms with Gasteiger partial charge in [0.25, 0.3) is 0 Å². The van der Waals surface area contributed by atoms with Gasteiger partial charge in [-0.3, -0.25) is 0 Å². The first kappa shape index (κ1) is 40.6. The molecule has 2 heteroatoms. The van der Waals surface area contributed by atoms with E-state index >= 15 is 0 Å². The number of anilines is 6. The first-order valence-electron chi connectivity index (χ1n) is 23.7. The highest BCUT2D eigenvalue weighted by atomic mass is 15.2. The molecule has 1 unspecified atom stereocenters. The highest BCUT2D eigenvalue weighted by Crippen LogP contribution is 2.66. The summed E-state index contributed by atoms with van der Waals surface area (Å²) in [5.41, 5.74) is 21.3. The van der Waals surface area contributed by atoms with Crippen LogP contribution in [0.5, 0.6) is 0 Å². The summed E-state index contributed by atoms with van der Waals surface area (Å²) in [6.07, 6.45) is 10.1. The fourth-order valence-electron chi connectivity index (χ4n) is 11.5. The zero-order chi connectivity index (χ0) is 45.1. The SMILES string of the molecule is CC1/C=C\C=C/CC(C)(C)c2cc(N(c3ccc(-c4ccccc4)cc3-c3ccccc3)c3cccc4c3C3(c5ccccc5-4)c4ccccc4N(c4ccccc4)c4ccccc43)ccc21. The molecular formula is C65H52N2. The van der Waals surface area contributed by atoms with Crippen LogP contribution >= 0.6 is 0 Å². The standard InChI is InChI=1S/C65H52N2/c1-45-23-8-7-21-42-64(2,3)58-44-50(39-40-51(45)58)67(59-41-38-48(46-24-9-4-10-25-46)43-54(59)47-26-11-5-12-27-47)62-37-22-31-53-52-30-15-16-32-55(52)65(63(53)62)56-33-17-19-35-60(56)66(49-28-13-6-14-29-49)61-36-20-18-34-57(61)65/h4-41,43-45H,42H2,1-3H3/b21-7-,23-8-. The van der Waals surface area contributed by atoms with Gasteiger partial charge in [0.1, 0.15) is 0 Å². The Morgan fingerprint density at radius 2 is 1.07 bits per heavy atom. The summed E-state index contributed by atoms with van der Waals surface area (Å²) in [7, 11) is 0. The number of nitrogens with zero attached hydrogens (tertiary/aromatic N) is 2. The molecule has 1 spiro atoms. The molecule has 2 nitrogen and oxygen atoms in total. The molecule has 3 aliphatic rings. The molecule has 1 aliphatic heterocycles. The van der Waals surface area contributed by atoms with Gasteiger partial charge in [0.05, 0.1) is 28.2 Å². The molecule has 9 aromatic rings. The summed E-state index contributed by atoms with van der Waals surface area (Å²) in [5.74, 6) is 0.256. The predicted molar refractivity (Wildman–Crippen MR) is 282 cm³/mol. The Kier molecular flexibility index (Phi) is 9.80. The lowest BCUT2D eigenvalue weighted by molar-refractivity contribution is 0.527. The number of hydrogen-bond donors (Lipinski definition) is 0. The van der Waals surface area contributed by atoms with Crippen LogP contribution in [0.4, 0.5) is 34.1 Å². The van der Waals surface area contributed by atoms with Gasteiger partial charge >= 0.3 is 0 Å². The second-order valence-electron chi connectivity index (χ2n) is 19.0. The summed E-state index contributed by atoms with van der Waals surface area (Å²) in [5, 5.41) is 0. The quantitative estimate of drug-likeness (QED) is 0.164. The van der Waals surface area contributed by atoms with Crippen LogP contribution in [0, 0.1) is 0 Å². The van der Waals surface area contributed by atoms with Crippen molar-refractivity contribution in [1.29, 1.82) is 0 Å². The van der Waals surface area contributed by atoms with Crippen molar-refractivity contribution in [2.24, 2.45) is 0 Å². The molecule has 0 aromatic heterocycles. The first-order valence-corrected chi connectivity index (χ1v) is 23.7. The van der Waals surface area contributed by atoms with Crippen LogP contribution in [0.25, 0.3) is 33.4 Å². The van der Waals surface area contributed by atoms with E-state index in [1.807, 2.05) is 0 Å². The molecule has 1 heterocycles. The third-order valence-corrected chi connectivity index (χ3v) is 14.6. The summed E-state index contributed by atoms with van der Waals surface area (Å²) in [4.78, 5) is 5.08. The van der Waals surface area contributed by atoms with E-state index in [-0.39, 0.29) is 11.3 Å². The van der Waals surface area contributed by atoms with Crippen LogP contribution in [-0.4, -0.2) is 0 Å². The molecule has 1 atom stereocenters. The van der Waals surface area contributed by atoms with Gasteiger partial charge in [-0.2, -0.15) is 0 Å². The van der Waals surface area contributed by atoms with E-state index in [0.29, 0.717) is 0 Å². The molecule has 12 rings (SSSR count). The van der Waals surface area contributed by atoms with Crippen molar-refractivity contribution in [3.8, 4) is 33.4 Å². The molecule has 0 fully saturated rings. The van der Waals surface area contributed by atoms with Gasteiger partial charge in [-0.1, -0.05) is 209 Å². The maximum atomic E-state index is 2.61. The Labute approximate surface area is 395 Å². The Hall–Kier alpha value is -7.94. The lowest BCUT2D eigenvalue weighted by Crippen LogP contribution is -2.37. The molecule has 0 saturated heterocycles. The number of fused-ring (bicyclic) bond motifs is 10. The van der Waals surface area contributed by atoms with Gasteiger partial charge in [0.2, 0.25) is 0 Å². The maximum absolute atomic E-state index is 2.61. The van der Waals surface area contributed by atoms with Crippen LogP contribution in [0.15, 0.2) is 243 Å². The molecule has 0 saturated carbocycles. The van der Waals surface area contributed by atoms with Gasteiger partial charge < -0.3 is 9.80 Å². The fraction of sp³-hybridized carbons (Fsp3) is 0.108. The van der Waals surface area contributed by atoms with Gasteiger partial charge in [-0.05, 0) is 128 Å². The summed E-state index contributed by atoms with van der Waals surface area (Å²) in [6, 6.07) is 81.5. The Balaban J connectivity index is 1.21. The third-order valence-electron chi connectivity index (χ3n) is 14.6. The number of hydrogen-bond acceptors (Lipinski definition) is 2. The van der Waals surface area contributed by atoms with E-state index in [2.05, 4.69) is 273 Å². The van der Waals surface area contributed by atoms with Crippen molar-refractivity contribution in [1.82, 2.24) is 0 Å². The van der Waals surface area contributed by atoms with Gasteiger partial charge in [-0.15, -0.1) is 0 Å². The average molecular weight is 861 g/mol. The van der Waals surface area contributed by atoms with Crippen molar-refractivity contribution in [3.05, 3.63) is 276 Å². The van der Waals surface area contributed by atoms with E-state index in [4.69, 9.17) is 0 Å². The lowest BCUT2D eigenvalue weighted by Gasteiger charge is -2.46. The second-order valence-corrected chi connectivity index (χ2v) is 19.0. The average Bonchev–Trinajstić information content (AvgIpc) is 3.70. The largest absolute Gasteiger partial charge is 0.310 e. The zero-order valence-electron chi connectivity index (χ0n) is 38.3. The summed E-state index contributed by atoms with van der Waals surface area (Å²) in [6.45, 7) is 7.15. The van der Waals surface area contributed by atoms with E-state index in [1.54, 1.807) is 0 Å². The minimum atomic E-state index is -0.666. The van der Waals surface area contributed by atoms with Gasteiger partial charge in [-0.25, -0.2) is 0 Å². The second kappa shape index (κ2) is 16.2. The van der Waals surface area contributed by atoms with E-state index in [9.17, 15) is 0 Å². The highest BCUT2D eigenvalue weighted by molar-refractivity contribution is 6.01. The smallest absolute Gasteiger partial charge is 0.0774 e. The number of rotatable bonds is 6. The summed E-state index contributed by atoms with van der Waals surface area (Å²) < 4.78 is 0. The first-order chi connectivity index (χ1) is 32.9. The van der Waals surface area contributed by atoms with Crippen LogP contribution in [0.1, 0.15) is 66.5 Å².